The van der Waals surface area contributed by atoms with Gasteiger partial charge in [0, 0.05) is 43.3 Å². The van der Waals surface area contributed by atoms with Crippen molar-refractivity contribution in [2.24, 2.45) is 0 Å². The Morgan fingerprint density at radius 1 is 1.24 bits per heavy atom. The first-order valence-corrected chi connectivity index (χ1v) is 8.38. The Morgan fingerprint density at radius 2 is 2.20 bits per heavy atom. The zero-order valence-corrected chi connectivity index (χ0v) is 13.7. The van der Waals surface area contributed by atoms with Gasteiger partial charge in [0.1, 0.15) is 0 Å². The molecule has 1 fully saturated rings. The van der Waals surface area contributed by atoms with Crippen LogP contribution in [0.1, 0.15) is 18.7 Å². The van der Waals surface area contributed by atoms with E-state index in [1.54, 1.807) is 18.6 Å². The van der Waals surface area contributed by atoms with Crippen molar-refractivity contribution in [3.63, 3.8) is 0 Å². The van der Waals surface area contributed by atoms with Crippen LogP contribution in [-0.2, 0) is 6.54 Å². The maximum absolute atomic E-state index is 5.31. The summed E-state index contributed by atoms with van der Waals surface area (Å²) in [5.41, 5.74) is 0.849. The summed E-state index contributed by atoms with van der Waals surface area (Å²) in [4.78, 5) is 10.8. The molecule has 3 aromatic heterocycles. The van der Waals surface area contributed by atoms with E-state index in [4.69, 9.17) is 4.52 Å². The Hall–Kier alpha value is -2.87. The van der Waals surface area contributed by atoms with E-state index in [9.17, 15) is 0 Å². The molecular weight excluding hydrogens is 318 g/mol. The predicted molar refractivity (Wildman–Crippen MR) is 91.6 cm³/mol. The van der Waals surface area contributed by atoms with Crippen LogP contribution in [0.5, 0.6) is 0 Å². The van der Waals surface area contributed by atoms with Gasteiger partial charge in [0.15, 0.2) is 5.82 Å². The van der Waals surface area contributed by atoms with Gasteiger partial charge in [-0.05, 0) is 37.1 Å². The van der Waals surface area contributed by atoms with E-state index in [-0.39, 0.29) is 0 Å². The second-order valence-corrected chi connectivity index (χ2v) is 5.96. The molecule has 0 aliphatic carbocycles. The summed E-state index contributed by atoms with van der Waals surface area (Å²) in [5, 5.41) is 15.6. The Labute approximate surface area is 145 Å². The van der Waals surface area contributed by atoms with Crippen molar-refractivity contribution in [2.45, 2.75) is 25.4 Å². The van der Waals surface area contributed by atoms with Gasteiger partial charge in [-0.15, -0.1) is 5.10 Å². The topological polar surface area (TPSA) is 92.9 Å². The van der Waals surface area contributed by atoms with Gasteiger partial charge in [0.25, 0.3) is 0 Å². The number of nitrogens with one attached hydrogen (secondary N) is 1. The maximum Gasteiger partial charge on any atom is 0.240 e. The fourth-order valence-corrected chi connectivity index (χ4v) is 3.08. The van der Waals surface area contributed by atoms with Gasteiger partial charge in [-0.1, -0.05) is 5.16 Å². The van der Waals surface area contributed by atoms with E-state index in [0.717, 1.165) is 37.3 Å². The lowest BCUT2D eigenvalue weighted by Crippen LogP contribution is -2.38. The lowest BCUT2D eigenvalue weighted by molar-refractivity contribution is 0.365. The summed E-state index contributed by atoms with van der Waals surface area (Å²) in [5.74, 6) is 2.07. The van der Waals surface area contributed by atoms with Crippen molar-refractivity contribution < 1.29 is 4.52 Å². The molecule has 0 bridgehead atoms. The molecule has 1 N–H and O–H groups in total. The molecule has 0 unspecified atom stereocenters. The van der Waals surface area contributed by atoms with Crippen molar-refractivity contribution in [3.05, 3.63) is 48.7 Å². The van der Waals surface area contributed by atoms with Crippen LogP contribution in [0.2, 0.25) is 0 Å². The third-order valence-electron chi connectivity index (χ3n) is 4.27. The number of hydrogen-bond acceptors (Lipinski definition) is 8. The second-order valence-electron chi connectivity index (χ2n) is 5.96. The Kier molecular flexibility index (Phi) is 4.60. The van der Waals surface area contributed by atoms with Crippen LogP contribution < -0.4 is 10.2 Å². The normalized spacial score (nSPS) is 17.1. The molecule has 8 nitrogen and oxygen atoms in total. The predicted octanol–water partition coefficient (Wildman–Crippen LogP) is 1.68. The van der Waals surface area contributed by atoms with Crippen molar-refractivity contribution >= 4 is 5.82 Å². The summed E-state index contributed by atoms with van der Waals surface area (Å²) in [6, 6.07) is 8.09. The third kappa shape index (κ3) is 3.63. The van der Waals surface area contributed by atoms with Gasteiger partial charge in [0.05, 0.1) is 6.54 Å². The largest absolute Gasteiger partial charge is 0.351 e. The maximum atomic E-state index is 5.31. The lowest BCUT2D eigenvalue weighted by atomic mass is 10.2. The quantitative estimate of drug-likeness (QED) is 0.726. The van der Waals surface area contributed by atoms with Gasteiger partial charge >= 0.3 is 0 Å². The zero-order chi connectivity index (χ0) is 16.9. The van der Waals surface area contributed by atoms with Crippen LogP contribution in [0.25, 0.3) is 11.4 Å². The number of rotatable bonds is 6. The molecule has 1 aliphatic heterocycles. The number of pyridine rings is 1. The van der Waals surface area contributed by atoms with Gasteiger partial charge in [0.2, 0.25) is 11.7 Å². The van der Waals surface area contributed by atoms with E-state index in [1.807, 2.05) is 24.3 Å². The standard InChI is InChI=1S/C17H19N7O/c1-4-13(10-18-7-1)17-21-16(25-23-17)12-19-11-14-5-3-9-24(14)15-6-2-8-20-22-15/h1-2,4,6-8,10,14,19H,3,5,9,11-12H2/t14-/m1/s1. The van der Waals surface area contributed by atoms with Crippen LogP contribution in [0.3, 0.4) is 0 Å². The highest BCUT2D eigenvalue weighted by molar-refractivity contribution is 5.51. The minimum Gasteiger partial charge on any atom is -0.351 e. The van der Waals surface area contributed by atoms with Crippen LogP contribution in [0.15, 0.2) is 47.4 Å². The molecule has 0 aromatic carbocycles. The number of anilines is 1. The monoisotopic (exact) mass is 337 g/mol. The molecule has 0 amide bonds. The first kappa shape index (κ1) is 15.6. The molecule has 0 saturated carbocycles. The number of aromatic nitrogens is 5. The lowest BCUT2D eigenvalue weighted by Gasteiger charge is -2.25. The van der Waals surface area contributed by atoms with Gasteiger partial charge in [-0.3, -0.25) is 4.98 Å². The highest BCUT2D eigenvalue weighted by atomic mass is 16.5. The van der Waals surface area contributed by atoms with Crippen molar-refractivity contribution in [2.75, 3.05) is 18.0 Å². The third-order valence-corrected chi connectivity index (χ3v) is 4.27. The first-order chi connectivity index (χ1) is 12.4. The van der Waals surface area contributed by atoms with Crippen LogP contribution in [0.4, 0.5) is 5.82 Å². The van der Waals surface area contributed by atoms with Gasteiger partial charge in [-0.25, -0.2) is 0 Å². The Balaban J connectivity index is 1.33. The Morgan fingerprint density at radius 3 is 3.04 bits per heavy atom. The number of nitrogens with zero attached hydrogens (tertiary/aromatic N) is 6. The fourth-order valence-electron chi connectivity index (χ4n) is 3.08. The average Bonchev–Trinajstić information content (AvgIpc) is 3.33. The van der Waals surface area contributed by atoms with Gasteiger partial charge < -0.3 is 14.7 Å². The Bertz CT molecular complexity index is 793. The van der Waals surface area contributed by atoms with E-state index < -0.39 is 0 Å². The molecule has 3 aromatic rings. The molecule has 128 valence electrons. The molecule has 0 spiro atoms. The summed E-state index contributed by atoms with van der Waals surface area (Å²) < 4.78 is 5.31. The average molecular weight is 337 g/mol. The van der Waals surface area contributed by atoms with E-state index in [0.29, 0.717) is 24.3 Å². The highest BCUT2D eigenvalue weighted by Gasteiger charge is 2.25. The molecule has 4 rings (SSSR count). The molecule has 25 heavy (non-hydrogen) atoms. The molecule has 0 radical (unpaired) electrons. The SMILES string of the molecule is c1cncc(-c2noc(CNC[C@H]3CCCN3c3cccnn3)n2)c1. The summed E-state index contributed by atoms with van der Waals surface area (Å²) >= 11 is 0. The van der Waals surface area contributed by atoms with Crippen LogP contribution >= 0.6 is 0 Å². The van der Waals surface area contributed by atoms with E-state index in [1.165, 1.54) is 0 Å². The van der Waals surface area contributed by atoms with E-state index in [2.05, 4.69) is 35.5 Å². The summed E-state index contributed by atoms with van der Waals surface area (Å²) in [6.07, 6.45) is 7.43. The summed E-state index contributed by atoms with van der Waals surface area (Å²) in [6.45, 7) is 2.38. The molecule has 1 saturated heterocycles. The molecule has 1 aliphatic rings. The van der Waals surface area contributed by atoms with E-state index >= 15 is 0 Å². The summed E-state index contributed by atoms with van der Waals surface area (Å²) in [7, 11) is 0. The first-order valence-electron chi connectivity index (χ1n) is 8.38. The fraction of sp³-hybridized carbons (Fsp3) is 0.353. The molecule has 4 heterocycles. The second kappa shape index (κ2) is 7.35. The number of hydrogen-bond donors (Lipinski definition) is 1. The molecule has 1 atom stereocenters. The molecular formula is C17H19N7O. The van der Waals surface area contributed by atoms with Crippen LogP contribution in [-0.4, -0.2) is 44.5 Å². The van der Waals surface area contributed by atoms with Crippen LogP contribution in [0, 0.1) is 0 Å². The zero-order valence-electron chi connectivity index (χ0n) is 13.7. The minimum atomic E-state index is 0.400. The molecule has 8 heteroatoms. The smallest absolute Gasteiger partial charge is 0.240 e. The van der Waals surface area contributed by atoms with Gasteiger partial charge in [-0.2, -0.15) is 10.1 Å². The highest BCUT2D eigenvalue weighted by Crippen LogP contribution is 2.22. The van der Waals surface area contributed by atoms with Crippen molar-refractivity contribution in [1.29, 1.82) is 0 Å². The van der Waals surface area contributed by atoms with Crippen molar-refractivity contribution in [1.82, 2.24) is 30.6 Å². The minimum absolute atomic E-state index is 0.400. The van der Waals surface area contributed by atoms with Crippen molar-refractivity contribution in [3.8, 4) is 11.4 Å².